The van der Waals surface area contributed by atoms with E-state index in [4.69, 9.17) is 9.47 Å². The summed E-state index contributed by atoms with van der Waals surface area (Å²) >= 11 is 1.73. The normalized spacial score (nSPS) is 16.8. The summed E-state index contributed by atoms with van der Waals surface area (Å²) in [5, 5.41) is 10.1. The molecule has 1 aliphatic heterocycles. The maximum Gasteiger partial charge on any atom is 0.191 e. The number of rotatable bonds is 9. The molecule has 7 heteroatoms. The molecule has 2 N–H and O–H groups in total. The van der Waals surface area contributed by atoms with E-state index in [2.05, 4.69) is 51.1 Å². The molecular weight excluding hydrogens is 384 g/mol. The monoisotopic (exact) mass is 416 g/mol. The molecule has 6 nitrogen and oxygen atoms in total. The van der Waals surface area contributed by atoms with E-state index in [0.29, 0.717) is 13.2 Å². The average Bonchev–Trinajstić information content (AvgIpc) is 3.38. The van der Waals surface area contributed by atoms with Gasteiger partial charge >= 0.3 is 0 Å². The lowest BCUT2D eigenvalue weighted by atomic mass is 10.1. The highest BCUT2D eigenvalue weighted by Crippen LogP contribution is 2.22. The third-order valence-corrected chi connectivity index (χ3v) is 5.89. The van der Waals surface area contributed by atoms with Gasteiger partial charge < -0.3 is 20.1 Å². The van der Waals surface area contributed by atoms with Crippen LogP contribution in [0.1, 0.15) is 41.1 Å². The smallest absolute Gasteiger partial charge is 0.191 e. The summed E-state index contributed by atoms with van der Waals surface area (Å²) in [7, 11) is 1.80. The van der Waals surface area contributed by atoms with Gasteiger partial charge in [-0.25, -0.2) is 4.98 Å². The van der Waals surface area contributed by atoms with E-state index in [1.807, 2.05) is 6.92 Å². The molecule has 2 aromatic rings. The van der Waals surface area contributed by atoms with Crippen LogP contribution >= 0.6 is 11.3 Å². The minimum Gasteiger partial charge on any atom is -0.491 e. The van der Waals surface area contributed by atoms with E-state index in [1.54, 1.807) is 18.4 Å². The van der Waals surface area contributed by atoms with Crippen molar-refractivity contribution in [3.63, 3.8) is 0 Å². The molecule has 0 aliphatic carbocycles. The van der Waals surface area contributed by atoms with E-state index in [1.165, 1.54) is 10.6 Å². The molecule has 1 aromatic carbocycles. The van der Waals surface area contributed by atoms with Crippen molar-refractivity contribution in [2.24, 2.45) is 4.99 Å². The quantitative estimate of drug-likeness (QED) is 0.371. The molecule has 3 rings (SSSR count). The number of guanidine groups is 1. The molecule has 29 heavy (non-hydrogen) atoms. The number of hydrogen-bond acceptors (Lipinski definition) is 5. The SMILES string of the molecule is CN=C(NCCCc1nc(C)cs1)NCc1ccc(C)cc1OCC1CCCO1. The van der Waals surface area contributed by atoms with Crippen LogP contribution in [0.4, 0.5) is 0 Å². The minimum absolute atomic E-state index is 0.215. The second-order valence-corrected chi connectivity index (χ2v) is 8.34. The molecule has 1 fully saturated rings. The zero-order valence-electron chi connectivity index (χ0n) is 17.7. The van der Waals surface area contributed by atoms with Gasteiger partial charge in [-0.15, -0.1) is 11.3 Å². The first-order valence-corrected chi connectivity index (χ1v) is 11.2. The van der Waals surface area contributed by atoms with Gasteiger partial charge in [0.2, 0.25) is 0 Å². The summed E-state index contributed by atoms with van der Waals surface area (Å²) < 4.78 is 11.8. The number of benzene rings is 1. The van der Waals surface area contributed by atoms with Crippen LogP contribution in [0.15, 0.2) is 28.6 Å². The molecule has 2 heterocycles. The van der Waals surface area contributed by atoms with Crippen molar-refractivity contribution in [1.82, 2.24) is 15.6 Å². The number of hydrogen-bond donors (Lipinski definition) is 2. The van der Waals surface area contributed by atoms with Gasteiger partial charge in [-0.05, 0) is 44.7 Å². The largest absolute Gasteiger partial charge is 0.491 e. The van der Waals surface area contributed by atoms with Crippen LogP contribution < -0.4 is 15.4 Å². The van der Waals surface area contributed by atoms with Gasteiger partial charge in [0.15, 0.2) is 5.96 Å². The van der Waals surface area contributed by atoms with Gasteiger partial charge in [0, 0.05) is 49.8 Å². The highest BCUT2D eigenvalue weighted by molar-refractivity contribution is 7.09. The van der Waals surface area contributed by atoms with Crippen LogP contribution in [0.25, 0.3) is 0 Å². The molecule has 0 amide bonds. The fraction of sp³-hybridized carbons (Fsp3) is 0.545. The molecule has 1 atom stereocenters. The maximum absolute atomic E-state index is 6.09. The van der Waals surface area contributed by atoms with Crippen LogP contribution in [-0.2, 0) is 17.7 Å². The molecule has 1 saturated heterocycles. The van der Waals surface area contributed by atoms with E-state index in [9.17, 15) is 0 Å². The van der Waals surface area contributed by atoms with Gasteiger partial charge in [0.1, 0.15) is 12.4 Å². The van der Waals surface area contributed by atoms with E-state index >= 15 is 0 Å². The van der Waals surface area contributed by atoms with Crippen molar-refractivity contribution >= 4 is 17.3 Å². The van der Waals surface area contributed by atoms with Gasteiger partial charge in [0.05, 0.1) is 11.1 Å². The van der Waals surface area contributed by atoms with Crippen molar-refractivity contribution in [1.29, 1.82) is 0 Å². The molecule has 1 unspecified atom stereocenters. The second kappa shape index (κ2) is 11.2. The summed E-state index contributed by atoms with van der Waals surface area (Å²) in [5.74, 6) is 1.72. The van der Waals surface area contributed by atoms with E-state index in [-0.39, 0.29) is 6.10 Å². The second-order valence-electron chi connectivity index (χ2n) is 7.40. The summed E-state index contributed by atoms with van der Waals surface area (Å²) in [6.45, 7) is 7.09. The molecule has 0 spiro atoms. The van der Waals surface area contributed by atoms with Crippen LogP contribution in [0, 0.1) is 13.8 Å². The standard InChI is InChI=1S/C22H32N4O2S/c1-16-8-9-18(20(12-16)28-14-19-6-5-11-27-19)13-25-22(23-3)24-10-4-7-21-26-17(2)15-29-21/h8-9,12,15,19H,4-7,10-11,13-14H2,1-3H3,(H2,23,24,25). The number of ether oxygens (including phenoxy) is 2. The van der Waals surface area contributed by atoms with Crippen LogP contribution in [0.3, 0.4) is 0 Å². The van der Waals surface area contributed by atoms with Crippen LogP contribution in [-0.4, -0.2) is 43.9 Å². The van der Waals surface area contributed by atoms with Crippen molar-refractivity contribution in [2.45, 2.75) is 52.2 Å². The molecule has 0 saturated carbocycles. The predicted molar refractivity (Wildman–Crippen MR) is 119 cm³/mol. The first-order chi connectivity index (χ1) is 14.1. The Bertz CT molecular complexity index is 800. The van der Waals surface area contributed by atoms with Crippen molar-refractivity contribution < 1.29 is 9.47 Å². The lowest BCUT2D eigenvalue weighted by Gasteiger charge is -2.17. The number of thiazole rings is 1. The Hall–Kier alpha value is -2.12. The maximum atomic E-state index is 6.09. The zero-order chi connectivity index (χ0) is 20.5. The number of aliphatic imine (C=N–C) groups is 1. The lowest BCUT2D eigenvalue weighted by Crippen LogP contribution is -2.37. The highest BCUT2D eigenvalue weighted by atomic mass is 32.1. The summed E-state index contributed by atoms with van der Waals surface area (Å²) in [6.07, 6.45) is 4.43. The highest BCUT2D eigenvalue weighted by Gasteiger charge is 2.17. The Morgan fingerprint density at radius 3 is 2.97 bits per heavy atom. The van der Waals surface area contributed by atoms with E-state index < -0.39 is 0 Å². The third kappa shape index (κ3) is 7.01. The molecular formula is C22H32N4O2S. The molecule has 1 aromatic heterocycles. The van der Waals surface area contributed by atoms with Gasteiger partial charge in [-0.3, -0.25) is 4.99 Å². The fourth-order valence-corrected chi connectivity index (χ4v) is 4.08. The molecule has 158 valence electrons. The first kappa shape index (κ1) is 21.6. The Morgan fingerprint density at radius 1 is 1.34 bits per heavy atom. The number of aryl methyl sites for hydroxylation is 3. The van der Waals surface area contributed by atoms with Crippen LogP contribution in [0.2, 0.25) is 0 Å². The fourth-order valence-electron chi connectivity index (χ4n) is 3.26. The predicted octanol–water partition coefficient (Wildman–Crippen LogP) is 3.62. The van der Waals surface area contributed by atoms with Crippen molar-refractivity contribution in [3.8, 4) is 5.75 Å². The minimum atomic E-state index is 0.215. The Balaban J connectivity index is 1.45. The summed E-state index contributed by atoms with van der Waals surface area (Å²) in [5.41, 5.74) is 3.41. The Morgan fingerprint density at radius 2 is 2.24 bits per heavy atom. The molecule has 1 aliphatic rings. The van der Waals surface area contributed by atoms with Crippen molar-refractivity contribution in [2.75, 3.05) is 26.8 Å². The topological polar surface area (TPSA) is 67.8 Å². The number of nitrogens with one attached hydrogen (secondary N) is 2. The third-order valence-electron chi connectivity index (χ3n) is 4.87. The average molecular weight is 417 g/mol. The summed E-state index contributed by atoms with van der Waals surface area (Å²) in [4.78, 5) is 8.84. The van der Waals surface area contributed by atoms with Gasteiger partial charge in [-0.2, -0.15) is 0 Å². The zero-order valence-corrected chi connectivity index (χ0v) is 18.5. The summed E-state index contributed by atoms with van der Waals surface area (Å²) in [6, 6.07) is 6.32. The Kier molecular flexibility index (Phi) is 8.31. The number of aromatic nitrogens is 1. The van der Waals surface area contributed by atoms with E-state index in [0.717, 1.165) is 61.8 Å². The molecule has 0 radical (unpaired) electrons. The first-order valence-electron chi connectivity index (χ1n) is 10.3. The molecule has 0 bridgehead atoms. The van der Waals surface area contributed by atoms with Crippen LogP contribution in [0.5, 0.6) is 5.75 Å². The number of nitrogens with zero attached hydrogens (tertiary/aromatic N) is 2. The van der Waals surface area contributed by atoms with Gasteiger partial charge in [-0.1, -0.05) is 12.1 Å². The lowest BCUT2D eigenvalue weighted by molar-refractivity contribution is 0.0676. The van der Waals surface area contributed by atoms with Crippen molar-refractivity contribution in [3.05, 3.63) is 45.4 Å². The van der Waals surface area contributed by atoms with Gasteiger partial charge in [0.25, 0.3) is 0 Å². The Labute approximate surface area is 177 Å².